The van der Waals surface area contributed by atoms with Crippen molar-refractivity contribution in [3.05, 3.63) is 35.1 Å². The highest BCUT2D eigenvalue weighted by molar-refractivity contribution is 5.97. The van der Waals surface area contributed by atoms with Crippen molar-refractivity contribution < 1.29 is 22.8 Å². The Balaban J connectivity index is 2.95. The van der Waals surface area contributed by atoms with E-state index < -0.39 is 40.9 Å². The molecule has 0 aliphatic carbocycles. The van der Waals surface area contributed by atoms with Crippen LogP contribution in [0.2, 0.25) is 0 Å². The Morgan fingerprint density at radius 1 is 1.22 bits per heavy atom. The predicted octanol–water partition coefficient (Wildman–Crippen LogP) is 1.89. The Morgan fingerprint density at radius 2 is 1.87 bits per heavy atom. The summed E-state index contributed by atoms with van der Waals surface area (Å²) in [7, 11) is 0. The van der Waals surface area contributed by atoms with E-state index in [-0.39, 0.29) is 18.9 Å². The van der Waals surface area contributed by atoms with Crippen LogP contribution in [0, 0.1) is 34.7 Å². The number of nitriles is 1. The van der Waals surface area contributed by atoms with Crippen LogP contribution in [0.4, 0.5) is 13.2 Å². The van der Waals surface area contributed by atoms with Gasteiger partial charge in [-0.3, -0.25) is 9.59 Å². The zero-order valence-electron chi connectivity index (χ0n) is 12.6. The van der Waals surface area contributed by atoms with Crippen molar-refractivity contribution in [2.75, 3.05) is 6.54 Å². The molecule has 0 aliphatic heterocycles. The molecule has 2 amide bonds. The number of carbonyl (C=O) groups is 2. The monoisotopic (exact) mass is 327 g/mol. The van der Waals surface area contributed by atoms with Gasteiger partial charge in [0.15, 0.2) is 17.5 Å². The molecule has 1 rings (SSSR count). The van der Waals surface area contributed by atoms with Gasteiger partial charge >= 0.3 is 0 Å². The number of rotatable bonds is 6. The first kappa shape index (κ1) is 18.5. The molecule has 0 unspecified atom stereocenters. The Hall–Kier alpha value is -2.56. The Bertz CT molecular complexity index is 642. The Kier molecular flexibility index (Phi) is 6.57. The van der Waals surface area contributed by atoms with Crippen LogP contribution in [0.25, 0.3) is 0 Å². The normalized spacial score (nSPS) is 11.7. The SMILES string of the molecule is CC(C)C[C@H](NC(=O)c1ccc(F)c(F)c1F)C(=O)NCC#N. The highest BCUT2D eigenvalue weighted by atomic mass is 19.2. The molecular weight excluding hydrogens is 311 g/mol. The van der Waals surface area contributed by atoms with Crippen molar-refractivity contribution in [1.82, 2.24) is 10.6 Å². The lowest BCUT2D eigenvalue weighted by atomic mass is 10.0. The molecule has 1 aromatic rings. The highest BCUT2D eigenvalue weighted by Gasteiger charge is 2.25. The summed E-state index contributed by atoms with van der Waals surface area (Å²) >= 11 is 0. The minimum Gasteiger partial charge on any atom is -0.341 e. The van der Waals surface area contributed by atoms with Gasteiger partial charge in [-0.1, -0.05) is 13.8 Å². The van der Waals surface area contributed by atoms with Crippen molar-refractivity contribution in [2.45, 2.75) is 26.3 Å². The zero-order valence-corrected chi connectivity index (χ0v) is 12.6. The number of amides is 2. The lowest BCUT2D eigenvalue weighted by Gasteiger charge is -2.19. The van der Waals surface area contributed by atoms with E-state index in [1.54, 1.807) is 19.9 Å². The Morgan fingerprint density at radius 3 is 2.43 bits per heavy atom. The summed E-state index contributed by atoms with van der Waals surface area (Å²) in [5.41, 5.74) is -0.703. The van der Waals surface area contributed by atoms with Crippen molar-refractivity contribution in [1.29, 1.82) is 5.26 Å². The molecule has 124 valence electrons. The van der Waals surface area contributed by atoms with Gasteiger partial charge in [0.05, 0.1) is 11.6 Å². The van der Waals surface area contributed by atoms with Gasteiger partial charge in [-0.2, -0.15) is 5.26 Å². The van der Waals surface area contributed by atoms with E-state index in [1.807, 2.05) is 0 Å². The molecule has 0 bridgehead atoms. The van der Waals surface area contributed by atoms with Crippen LogP contribution < -0.4 is 10.6 Å². The van der Waals surface area contributed by atoms with Crippen LogP contribution in [0.5, 0.6) is 0 Å². The molecular formula is C15H16F3N3O2. The van der Waals surface area contributed by atoms with Crippen LogP contribution in [-0.4, -0.2) is 24.4 Å². The number of hydrogen-bond donors (Lipinski definition) is 2. The second-order valence-electron chi connectivity index (χ2n) is 5.25. The molecule has 0 aliphatic rings. The molecule has 2 N–H and O–H groups in total. The third-order valence-electron chi connectivity index (χ3n) is 2.95. The van der Waals surface area contributed by atoms with Crippen molar-refractivity contribution in [3.63, 3.8) is 0 Å². The lowest BCUT2D eigenvalue weighted by Crippen LogP contribution is -2.47. The molecule has 0 spiro atoms. The average molecular weight is 327 g/mol. The molecule has 0 radical (unpaired) electrons. The van der Waals surface area contributed by atoms with Crippen molar-refractivity contribution in [2.24, 2.45) is 5.92 Å². The minimum absolute atomic E-state index is 0.0166. The number of nitrogens with one attached hydrogen (secondary N) is 2. The smallest absolute Gasteiger partial charge is 0.255 e. The summed E-state index contributed by atoms with van der Waals surface area (Å²) in [6, 6.07) is 2.11. The van der Waals surface area contributed by atoms with Gasteiger partial charge in [-0.25, -0.2) is 13.2 Å². The fourth-order valence-corrected chi connectivity index (χ4v) is 1.89. The fourth-order valence-electron chi connectivity index (χ4n) is 1.89. The predicted molar refractivity (Wildman–Crippen MR) is 75.6 cm³/mol. The summed E-state index contributed by atoms with van der Waals surface area (Å²) in [6.07, 6.45) is 0.230. The van der Waals surface area contributed by atoms with Gasteiger partial charge in [-0.05, 0) is 24.5 Å². The van der Waals surface area contributed by atoms with E-state index in [4.69, 9.17) is 5.26 Å². The topological polar surface area (TPSA) is 82.0 Å². The maximum absolute atomic E-state index is 13.6. The van der Waals surface area contributed by atoms with Gasteiger partial charge in [-0.15, -0.1) is 0 Å². The summed E-state index contributed by atoms with van der Waals surface area (Å²) in [5, 5.41) is 13.0. The van der Waals surface area contributed by atoms with E-state index in [0.29, 0.717) is 6.07 Å². The third-order valence-corrected chi connectivity index (χ3v) is 2.95. The zero-order chi connectivity index (χ0) is 17.6. The highest BCUT2D eigenvalue weighted by Crippen LogP contribution is 2.16. The molecule has 0 heterocycles. The molecule has 0 saturated heterocycles. The summed E-state index contributed by atoms with van der Waals surface area (Å²) in [4.78, 5) is 23.9. The van der Waals surface area contributed by atoms with Crippen LogP contribution in [0.3, 0.4) is 0 Å². The van der Waals surface area contributed by atoms with Gasteiger partial charge in [0.2, 0.25) is 5.91 Å². The third kappa shape index (κ3) is 4.98. The second kappa shape index (κ2) is 8.17. The number of hydrogen-bond acceptors (Lipinski definition) is 3. The largest absolute Gasteiger partial charge is 0.341 e. The van der Waals surface area contributed by atoms with E-state index >= 15 is 0 Å². The van der Waals surface area contributed by atoms with Gasteiger partial charge in [0.1, 0.15) is 12.6 Å². The standard InChI is InChI=1S/C15H16F3N3O2/c1-8(2)7-11(15(23)20-6-5-19)21-14(22)9-3-4-10(16)13(18)12(9)17/h3-4,8,11H,6-7H2,1-2H3,(H,20,23)(H,21,22)/t11-/m0/s1. The lowest BCUT2D eigenvalue weighted by molar-refractivity contribution is -0.123. The molecule has 1 atom stereocenters. The fraction of sp³-hybridized carbons (Fsp3) is 0.400. The van der Waals surface area contributed by atoms with Gasteiger partial charge < -0.3 is 10.6 Å². The maximum atomic E-state index is 13.6. The molecule has 8 heteroatoms. The van der Waals surface area contributed by atoms with Crippen LogP contribution >= 0.6 is 0 Å². The quantitative estimate of drug-likeness (QED) is 0.618. The molecule has 1 aromatic carbocycles. The summed E-state index contributed by atoms with van der Waals surface area (Å²) in [6.45, 7) is 3.35. The first-order chi connectivity index (χ1) is 10.8. The van der Waals surface area contributed by atoms with E-state index in [9.17, 15) is 22.8 Å². The Labute approximate surface area is 131 Å². The van der Waals surface area contributed by atoms with E-state index in [2.05, 4.69) is 10.6 Å². The molecule has 5 nitrogen and oxygen atoms in total. The summed E-state index contributed by atoms with van der Waals surface area (Å²) < 4.78 is 39.7. The second-order valence-corrected chi connectivity index (χ2v) is 5.25. The minimum atomic E-state index is -1.76. The van der Waals surface area contributed by atoms with Crippen molar-refractivity contribution in [3.8, 4) is 6.07 Å². The van der Waals surface area contributed by atoms with Crippen LogP contribution in [0.15, 0.2) is 12.1 Å². The number of carbonyl (C=O) groups excluding carboxylic acids is 2. The van der Waals surface area contributed by atoms with Crippen LogP contribution in [-0.2, 0) is 4.79 Å². The van der Waals surface area contributed by atoms with E-state index in [0.717, 1.165) is 6.07 Å². The average Bonchev–Trinajstić information content (AvgIpc) is 2.49. The van der Waals surface area contributed by atoms with E-state index in [1.165, 1.54) is 0 Å². The number of nitrogens with zero attached hydrogens (tertiary/aromatic N) is 1. The molecule has 0 fully saturated rings. The molecule has 0 aromatic heterocycles. The van der Waals surface area contributed by atoms with Gasteiger partial charge in [0.25, 0.3) is 5.91 Å². The number of benzene rings is 1. The summed E-state index contributed by atoms with van der Waals surface area (Å²) in [5.74, 6) is -6.43. The number of halogens is 3. The first-order valence-corrected chi connectivity index (χ1v) is 6.87. The first-order valence-electron chi connectivity index (χ1n) is 6.87. The van der Waals surface area contributed by atoms with Crippen LogP contribution in [0.1, 0.15) is 30.6 Å². The molecule has 23 heavy (non-hydrogen) atoms. The van der Waals surface area contributed by atoms with Crippen molar-refractivity contribution >= 4 is 11.8 Å². The maximum Gasteiger partial charge on any atom is 0.255 e. The molecule has 0 saturated carbocycles. The van der Waals surface area contributed by atoms with Gasteiger partial charge in [0, 0.05) is 0 Å².